The lowest BCUT2D eigenvalue weighted by atomic mass is 10.1. The average molecular weight is 407 g/mol. The van der Waals surface area contributed by atoms with Crippen LogP contribution in [0, 0.1) is 6.92 Å². The van der Waals surface area contributed by atoms with Crippen molar-refractivity contribution in [2.24, 2.45) is 17.3 Å². The molecule has 10 nitrogen and oxygen atoms in total. The standard InChI is InChI=1S/C20H25N9O/c1-13-15(19(30)29(27(13)2)14-9-5-3-6-10-14)25-26-16-17(21)23-20(22)24-18(16)28-11-7-4-8-12-28/h3,5-6,9-10H,4,7-8,11-12H2,1-2H3,(H4,21,22,23,24). The summed E-state index contributed by atoms with van der Waals surface area (Å²) in [5.41, 5.74) is 13.7. The Labute approximate surface area is 173 Å². The van der Waals surface area contributed by atoms with E-state index in [-0.39, 0.29) is 23.0 Å². The molecule has 0 spiro atoms. The van der Waals surface area contributed by atoms with E-state index in [1.165, 1.54) is 6.42 Å². The number of hydrogen-bond donors (Lipinski definition) is 2. The van der Waals surface area contributed by atoms with Crippen molar-refractivity contribution in [2.75, 3.05) is 29.5 Å². The highest BCUT2D eigenvalue weighted by Gasteiger charge is 2.21. The number of nitrogen functional groups attached to an aromatic ring is 2. The minimum atomic E-state index is -0.264. The molecule has 1 saturated heterocycles. The van der Waals surface area contributed by atoms with Crippen LogP contribution in [0.3, 0.4) is 0 Å². The van der Waals surface area contributed by atoms with Gasteiger partial charge < -0.3 is 16.4 Å². The van der Waals surface area contributed by atoms with Crippen LogP contribution in [0.4, 0.5) is 29.0 Å². The van der Waals surface area contributed by atoms with Crippen LogP contribution in [0.5, 0.6) is 0 Å². The van der Waals surface area contributed by atoms with Crippen LogP contribution in [-0.4, -0.2) is 32.4 Å². The lowest BCUT2D eigenvalue weighted by Crippen LogP contribution is -2.30. The predicted molar refractivity (Wildman–Crippen MR) is 117 cm³/mol. The number of benzene rings is 1. The van der Waals surface area contributed by atoms with Crippen LogP contribution in [0.25, 0.3) is 5.69 Å². The maximum absolute atomic E-state index is 13.1. The Hall–Kier alpha value is -3.69. The molecule has 156 valence electrons. The van der Waals surface area contributed by atoms with Gasteiger partial charge in [0.15, 0.2) is 23.0 Å². The first-order chi connectivity index (χ1) is 14.5. The van der Waals surface area contributed by atoms with Crippen LogP contribution in [0.2, 0.25) is 0 Å². The Morgan fingerprint density at radius 1 is 0.967 bits per heavy atom. The van der Waals surface area contributed by atoms with E-state index in [0.717, 1.165) is 31.6 Å². The van der Waals surface area contributed by atoms with Crippen LogP contribution in [0.15, 0.2) is 45.4 Å². The van der Waals surface area contributed by atoms with E-state index in [9.17, 15) is 4.79 Å². The van der Waals surface area contributed by atoms with Crippen LogP contribution in [0.1, 0.15) is 25.0 Å². The van der Waals surface area contributed by atoms with Gasteiger partial charge in [-0.25, -0.2) is 4.68 Å². The van der Waals surface area contributed by atoms with Crippen molar-refractivity contribution in [1.29, 1.82) is 0 Å². The van der Waals surface area contributed by atoms with E-state index >= 15 is 0 Å². The molecule has 0 unspecified atom stereocenters. The second-order valence-electron chi connectivity index (χ2n) is 7.30. The molecular formula is C20H25N9O. The minimum Gasteiger partial charge on any atom is -0.382 e. The van der Waals surface area contributed by atoms with Gasteiger partial charge >= 0.3 is 0 Å². The maximum atomic E-state index is 13.1. The summed E-state index contributed by atoms with van der Waals surface area (Å²) in [4.78, 5) is 23.5. The third kappa shape index (κ3) is 3.51. The number of nitrogens with zero attached hydrogens (tertiary/aromatic N) is 7. The monoisotopic (exact) mass is 407 g/mol. The summed E-state index contributed by atoms with van der Waals surface area (Å²) in [7, 11) is 1.81. The second kappa shape index (κ2) is 7.97. The Morgan fingerprint density at radius 3 is 2.33 bits per heavy atom. The van der Waals surface area contributed by atoms with E-state index in [1.54, 1.807) is 9.36 Å². The smallest absolute Gasteiger partial charge is 0.299 e. The van der Waals surface area contributed by atoms with Gasteiger partial charge in [0.25, 0.3) is 5.56 Å². The van der Waals surface area contributed by atoms with Gasteiger partial charge in [-0.15, -0.1) is 10.2 Å². The summed E-state index contributed by atoms with van der Waals surface area (Å²) in [5.74, 6) is 0.790. The van der Waals surface area contributed by atoms with Gasteiger partial charge in [0.05, 0.1) is 11.4 Å². The SMILES string of the molecule is Cc1c(N=Nc2c(N)nc(N)nc2N2CCCCC2)c(=O)n(-c2ccccc2)n1C. The molecule has 0 saturated carbocycles. The van der Waals surface area contributed by atoms with E-state index < -0.39 is 0 Å². The van der Waals surface area contributed by atoms with Gasteiger partial charge in [0.2, 0.25) is 5.95 Å². The summed E-state index contributed by atoms with van der Waals surface area (Å²) in [6.45, 7) is 3.50. The molecule has 0 atom stereocenters. The van der Waals surface area contributed by atoms with Crippen molar-refractivity contribution in [3.8, 4) is 5.69 Å². The van der Waals surface area contributed by atoms with Gasteiger partial charge in [0, 0.05) is 20.1 Å². The first kappa shape index (κ1) is 19.6. The Balaban J connectivity index is 1.78. The zero-order valence-corrected chi connectivity index (χ0v) is 17.1. The molecule has 0 radical (unpaired) electrons. The first-order valence-corrected chi connectivity index (χ1v) is 9.91. The predicted octanol–water partition coefficient (Wildman–Crippen LogP) is 2.84. The number of azo groups is 1. The van der Waals surface area contributed by atoms with Crippen molar-refractivity contribution in [3.05, 3.63) is 46.4 Å². The van der Waals surface area contributed by atoms with Crippen molar-refractivity contribution < 1.29 is 0 Å². The normalized spacial score (nSPS) is 14.5. The molecule has 1 aromatic carbocycles. The topological polar surface area (TPSA) is 133 Å². The molecule has 1 aliphatic rings. The molecule has 30 heavy (non-hydrogen) atoms. The highest BCUT2D eigenvalue weighted by atomic mass is 16.1. The van der Waals surface area contributed by atoms with Gasteiger partial charge in [0.1, 0.15) is 0 Å². The van der Waals surface area contributed by atoms with E-state index in [0.29, 0.717) is 17.2 Å². The highest BCUT2D eigenvalue weighted by molar-refractivity contribution is 5.74. The largest absolute Gasteiger partial charge is 0.382 e. The number of hydrogen-bond acceptors (Lipinski definition) is 8. The number of aromatic nitrogens is 4. The van der Waals surface area contributed by atoms with E-state index in [4.69, 9.17) is 11.5 Å². The molecule has 4 rings (SSSR count). The lowest BCUT2D eigenvalue weighted by Gasteiger charge is -2.28. The van der Waals surface area contributed by atoms with Crippen LogP contribution in [-0.2, 0) is 7.05 Å². The molecule has 3 aromatic rings. The van der Waals surface area contributed by atoms with Crippen LogP contribution < -0.4 is 21.9 Å². The molecule has 0 amide bonds. The number of anilines is 3. The first-order valence-electron chi connectivity index (χ1n) is 9.91. The highest BCUT2D eigenvalue weighted by Crippen LogP contribution is 2.35. The Bertz CT molecular complexity index is 1140. The fraction of sp³-hybridized carbons (Fsp3) is 0.350. The van der Waals surface area contributed by atoms with Crippen molar-refractivity contribution >= 4 is 29.0 Å². The zero-order valence-electron chi connectivity index (χ0n) is 17.1. The summed E-state index contributed by atoms with van der Waals surface area (Å²) < 4.78 is 3.30. The Morgan fingerprint density at radius 2 is 1.63 bits per heavy atom. The summed E-state index contributed by atoms with van der Waals surface area (Å²) in [6, 6.07) is 9.38. The number of rotatable bonds is 4. The molecule has 0 aliphatic carbocycles. The third-order valence-electron chi connectivity index (χ3n) is 5.34. The fourth-order valence-electron chi connectivity index (χ4n) is 3.67. The number of piperidine rings is 1. The quantitative estimate of drug-likeness (QED) is 0.639. The summed E-state index contributed by atoms with van der Waals surface area (Å²) in [6.07, 6.45) is 3.28. The molecule has 4 N–H and O–H groups in total. The maximum Gasteiger partial charge on any atom is 0.299 e. The average Bonchev–Trinajstić information content (AvgIpc) is 2.96. The lowest BCUT2D eigenvalue weighted by molar-refractivity contribution is 0.573. The zero-order chi connectivity index (χ0) is 21.3. The number of para-hydroxylation sites is 1. The molecular weight excluding hydrogens is 382 g/mol. The van der Waals surface area contributed by atoms with E-state index in [1.807, 2.05) is 44.3 Å². The molecule has 1 aliphatic heterocycles. The number of nitrogens with two attached hydrogens (primary N) is 2. The van der Waals surface area contributed by atoms with Crippen molar-refractivity contribution in [1.82, 2.24) is 19.3 Å². The van der Waals surface area contributed by atoms with Gasteiger partial charge in [-0.3, -0.25) is 9.48 Å². The summed E-state index contributed by atoms with van der Waals surface area (Å²) in [5, 5.41) is 8.59. The minimum absolute atomic E-state index is 0.0920. The molecule has 1 fully saturated rings. The Kier molecular flexibility index (Phi) is 5.21. The molecule has 10 heteroatoms. The van der Waals surface area contributed by atoms with Gasteiger partial charge in [-0.05, 0) is 38.3 Å². The second-order valence-corrected chi connectivity index (χ2v) is 7.30. The van der Waals surface area contributed by atoms with Gasteiger partial charge in [-0.2, -0.15) is 9.97 Å². The van der Waals surface area contributed by atoms with Gasteiger partial charge in [-0.1, -0.05) is 18.2 Å². The molecule has 2 aromatic heterocycles. The molecule has 0 bridgehead atoms. The molecule has 3 heterocycles. The third-order valence-corrected chi connectivity index (χ3v) is 5.34. The van der Waals surface area contributed by atoms with E-state index in [2.05, 4.69) is 25.1 Å². The van der Waals surface area contributed by atoms with Crippen LogP contribution >= 0.6 is 0 Å². The summed E-state index contributed by atoms with van der Waals surface area (Å²) >= 11 is 0. The van der Waals surface area contributed by atoms with Crippen molar-refractivity contribution in [3.63, 3.8) is 0 Å². The van der Waals surface area contributed by atoms with Crippen molar-refractivity contribution in [2.45, 2.75) is 26.2 Å². The fourth-order valence-corrected chi connectivity index (χ4v) is 3.67.